The van der Waals surface area contributed by atoms with E-state index in [1.165, 1.54) is 82.8 Å². The molecule has 0 bridgehead atoms. The molecule has 48 heavy (non-hydrogen) atoms. The van der Waals surface area contributed by atoms with Gasteiger partial charge in [-0.25, -0.2) is 4.99 Å². The van der Waals surface area contributed by atoms with Crippen LogP contribution in [0.1, 0.15) is 24.6 Å². The molecule has 0 saturated heterocycles. The molecule has 4 heterocycles. The highest BCUT2D eigenvalue weighted by atomic mass is 15.2. The van der Waals surface area contributed by atoms with Crippen LogP contribution in [0.2, 0.25) is 0 Å². The second-order valence-corrected chi connectivity index (χ2v) is 13.3. The SMILES string of the molecule is C1=CC2=C(CC1)[NH2+]C1C(=N2)c2cccc3c4cc5c6ccc(-c7ccccc7)cc6n(-c6cccc(-c7ccccc7)c6)c5cc4n1c23. The number of fused-ring (bicyclic) bond motifs is 9. The molecular weight excluding hydrogens is 585 g/mol. The Labute approximate surface area is 277 Å². The summed E-state index contributed by atoms with van der Waals surface area (Å²) in [6.45, 7) is 0. The van der Waals surface area contributed by atoms with Crippen LogP contribution in [0, 0.1) is 0 Å². The molecule has 1 aliphatic carbocycles. The third-order valence-corrected chi connectivity index (χ3v) is 10.6. The number of hydrogen-bond acceptors (Lipinski definition) is 1. The smallest absolute Gasteiger partial charge is 0.214 e. The van der Waals surface area contributed by atoms with E-state index in [0.717, 1.165) is 24.2 Å². The van der Waals surface area contributed by atoms with Crippen molar-refractivity contribution < 1.29 is 5.32 Å². The van der Waals surface area contributed by atoms with Gasteiger partial charge in [-0.05, 0) is 65.1 Å². The van der Waals surface area contributed by atoms with Crippen molar-refractivity contribution in [3.8, 4) is 27.9 Å². The number of quaternary nitrogens is 1. The molecule has 0 spiro atoms. The van der Waals surface area contributed by atoms with E-state index in [9.17, 15) is 0 Å². The molecule has 4 heteroatoms. The van der Waals surface area contributed by atoms with Gasteiger partial charge < -0.3 is 4.57 Å². The molecule has 0 saturated carbocycles. The van der Waals surface area contributed by atoms with Gasteiger partial charge in [-0.15, -0.1) is 0 Å². The van der Waals surface area contributed by atoms with E-state index < -0.39 is 0 Å². The average Bonchev–Trinajstić information content (AvgIpc) is 3.77. The maximum atomic E-state index is 5.28. The highest BCUT2D eigenvalue weighted by molar-refractivity contribution is 6.25. The lowest BCUT2D eigenvalue weighted by Gasteiger charge is -2.23. The molecule has 2 N–H and O–H groups in total. The van der Waals surface area contributed by atoms with Gasteiger partial charge in [0.2, 0.25) is 6.17 Å². The van der Waals surface area contributed by atoms with Gasteiger partial charge in [0.05, 0.1) is 22.1 Å². The predicted molar refractivity (Wildman–Crippen MR) is 198 cm³/mol. The van der Waals surface area contributed by atoms with Crippen molar-refractivity contribution in [1.29, 1.82) is 0 Å². The number of nitrogens with two attached hydrogens (primary N) is 1. The lowest BCUT2D eigenvalue weighted by Crippen LogP contribution is -2.87. The van der Waals surface area contributed by atoms with Crippen molar-refractivity contribution in [2.24, 2.45) is 4.99 Å². The van der Waals surface area contributed by atoms with Gasteiger partial charge in [0.15, 0.2) is 0 Å². The summed E-state index contributed by atoms with van der Waals surface area (Å²) in [6.07, 6.45) is 6.70. The molecule has 1 atom stereocenters. The minimum absolute atomic E-state index is 0.106. The second kappa shape index (κ2) is 9.77. The number of hydrogen-bond donors (Lipinski definition) is 1. The number of rotatable bonds is 3. The van der Waals surface area contributed by atoms with E-state index in [0.29, 0.717) is 0 Å². The molecular formula is C44H31N4+. The van der Waals surface area contributed by atoms with Crippen LogP contribution in [-0.4, -0.2) is 14.8 Å². The van der Waals surface area contributed by atoms with Gasteiger partial charge in [0.25, 0.3) is 0 Å². The van der Waals surface area contributed by atoms with E-state index in [2.05, 4.69) is 160 Å². The summed E-state index contributed by atoms with van der Waals surface area (Å²) < 4.78 is 5.05. The van der Waals surface area contributed by atoms with Crippen LogP contribution >= 0.6 is 0 Å². The first-order valence-corrected chi connectivity index (χ1v) is 16.9. The Balaban J connectivity index is 1.22. The van der Waals surface area contributed by atoms with Gasteiger partial charge in [-0.3, -0.25) is 9.88 Å². The first-order chi connectivity index (χ1) is 23.8. The summed E-state index contributed by atoms with van der Waals surface area (Å²) in [7, 11) is 0. The van der Waals surface area contributed by atoms with Gasteiger partial charge in [0.1, 0.15) is 17.1 Å². The van der Waals surface area contributed by atoms with E-state index in [1.54, 1.807) is 0 Å². The van der Waals surface area contributed by atoms with Crippen molar-refractivity contribution in [2.75, 3.05) is 0 Å². The topological polar surface area (TPSA) is 38.8 Å². The Kier molecular flexibility index (Phi) is 5.32. The van der Waals surface area contributed by atoms with Crippen molar-refractivity contribution >= 4 is 49.3 Å². The minimum Gasteiger partial charge on any atom is -0.309 e. The molecule has 0 fully saturated rings. The summed E-state index contributed by atoms with van der Waals surface area (Å²) in [6, 6.07) is 49.0. The Morgan fingerprint density at radius 3 is 2.15 bits per heavy atom. The molecule has 4 nitrogen and oxygen atoms in total. The van der Waals surface area contributed by atoms with Crippen molar-refractivity contribution in [3.05, 3.63) is 163 Å². The minimum atomic E-state index is 0.106. The second-order valence-electron chi connectivity index (χ2n) is 13.3. The van der Waals surface area contributed by atoms with Gasteiger partial charge >= 0.3 is 0 Å². The molecule has 0 radical (unpaired) electrons. The number of allylic oxidation sites excluding steroid dienone is 3. The van der Waals surface area contributed by atoms with Crippen LogP contribution in [0.4, 0.5) is 0 Å². The zero-order valence-corrected chi connectivity index (χ0v) is 26.3. The molecule has 0 amide bonds. The summed E-state index contributed by atoms with van der Waals surface area (Å²) in [4.78, 5) is 5.28. The average molecular weight is 616 g/mol. The standard InChI is InChI=1S/C44H30N4/c1-3-11-27(12-4-1)29-15-9-16-31(23-29)47-39-24-30(28-13-5-2-6-14-28)21-22-32(39)35-25-36-33-17-10-18-34-42-44(46-38-20-8-7-19-37(38)45-42)48(43(33)34)41(36)26-40(35)47/h1-7,9-19,21-26,44,46H,8,20H2/p+1. The Hall–Kier alpha value is -5.97. The van der Waals surface area contributed by atoms with E-state index >= 15 is 0 Å². The van der Waals surface area contributed by atoms with Crippen molar-refractivity contribution in [1.82, 2.24) is 9.13 Å². The highest BCUT2D eigenvalue weighted by Gasteiger charge is 2.40. The third kappa shape index (κ3) is 3.61. The summed E-state index contributed by atoms with van der Waals surface area (Å²) in [5.74, 6) is 0. The lowest BCUT2D eigenvalue weighted by atomic mass is 10.0. The normalized spacial score (nSPS) is 16.7. The quantitative estimate of drug-likeness (QED) is 0.206. The first kappa shape index (κ1) is 26.1. The van der Waals surface area contributed by atoms with E-state index in [1.807, 2.05) is 0 Å². The van der Waals surface area contributed by atoms with Crippen molar-refractivity contribution in [2.45, 2.75) is 19.0 Å². The monoisotopic (exact) mass is 615 g/mol. The number of nitrogens with zero attached hydrogens (tertiary/aromatic N) is 3. The maximum absolute atomic E-state index is 5.28. The van der Waals surface area contributed by atoms with Crippen LogP contribution in [0.3, 0.4) is 0 Å². The Bertz CT molecular complexity index is 2740. The predicted octanol–water partition coefficient (Wildman–Crippen LogP) is 9.67. The zero-order chi connectivity index (χ0) is 31.3. The molecule has 11 rings (SSSR count). The number of para-hydroxylation sites is 1. The fourth-order valence-corrected chi connectivity index (χ4v) is 8.48. The molecule has 1 unspecified atom stereocenters. The van der Waals surface area contributed by atoms with Gasteiger partial charge in [-0.1, -0.05) is 109 Å². The number of benzene rings is 6. The van der Waals surface area contributed by atoms with Crippen LogP contribution in [0.25, 0.3) is 71.6 Å². The molecule has 6 aromatic carbocycles. The fraction of sp³-hybridized carbons (Fsp3) is 0.0682. The summed E-state index contributed by atoms with van der Waals surface area (Å²) in [5, 5.41) is 7.63. The Morgan fingerprint density at radius 2 is 1.31 bits per heavy atom. The van der Waals surface area contributed by atoms with Gasteiger partial charge in [0, 0.05) is 39.2 Å². The molecule has 2 aromatic heterocycles. The zero-order valence-electron chi connectivity index (χ0n) is 26.3. The highest BCUT2D eigenvalue weighted by Crippen LogP contribution is 2.44. The largest absolute Gasteiger partial charge is 0.309 e. The first-order valence-electron chi connectivity index (χ1n) is 16.9. The van der Waals surface area contributed by atoms with Crippen LogP contribution in [-0.2, 0) is 0 Å². The van der Waals surface area contributed by atoms with E-state index in [4.69, 9.17) is 4.99 Å². The fourth-order valence-electron chi connectivity index (χ4n) is 8.48. The maximum Gasteiger partial charge on any atom is 0.214 e. The van der Waals surface area contributed by atoms with Crippen LogP contribution in [0.5, 0.6) is 0 Å². The molecule has 3 aliphatic rings. The molecule has 226 valence electrons. The lowest BCUT2D eigenvalue weighted by molar-refractivity contribution is -0.650. The van der Waals surface area contributed by atoms with Crippen LogP contribution in [0.15, 0.2) is 162 Å². The third-order valence-electron chi connectivity index (χ3n) is 10.6. The summed E-state index contributed by atoms with van der Waals surface area (Å²) in [5.41, 5.74) is 16.0. The number of aliphatic imine (C=N–C) groups is 1. The Morgan fingerprint density at radius 1 is 0.583 bits per heavy atom. The van der Waals surface area contributed by atoms with Crippen LogP contribution < -0.4 is 5.32 Å². The molecule has 8 aromatic rings. The summed E-state index contributed by atoms with van der Waals surface area (Å²) >= 11 is 0. The number of aromatic nitrogens is 2. The van der Waals surface area contributed by atoms with Crippen molar-refractivity contribution in [3.63, 3.8) is 0 Å². The van der Waals surface area contributed by atoms with E-state index in [-0.39, 0.29) is 6.17 Å². The van der Waals surface area contributed by atoms with Gasteiger partial charge in [-0.2, -0.15) is 0 Å². The molecule has 2 aliphatic heterocycles.